The molecule has 1 amide bonds. The molecule has 0 saturated heterocycles. The second-order valence-corrected chi connectivity index (χ2v) is 6.41. The molecule has 22 heavy (non-hydrogen) atoms. The van der Waals surface area contributed by atoms with Crippen molar-refractivity contribution in [1.82, 2.24) is 14.7 Å². The van der Waals surface area contributed by atoms with Gasteiger partial charge in [0.2, 0.25) is 5.91 Å². The van der Waals surface area contributed by atoms with E-state index in [1.54, 1.807) is 0 Å². The van der Waals surface area contributed by atoms with Gasteiger partial charge in [0.05, 0.1) is 11.4 Å². The quantitative estimate of drug-likeness (QED) is 0.869. The van der Waals surface area contributed by atoms with Crippen LogP contribution in [0.25, 0.3) is 5.69 Å². The van der Waals surface area contributed by atoms with E-state index in [2.05, 4.69) is 18.9 Å². The maximum absolute atomic E-state index is 12.3. The molecule has 116 valence electrons. The van der Waals surface area contributed by atoms with Gasteiger partial charge in [-0.15, -0.1) is 0 Å². The zero-order valence-electron chi connectivity index (χ0n) is 13.7. The first-order valence-electron chi connectivity index (χ1n) is 7.84. The highest BCUT2D eigenvalue weighted by Gasteiger charge is 2.40. The van der Waals surface area contributed by atoms with E-state index in [-0.39, 0.29) is 11.8 Å². The standard InChI is InChI=1S/C18H23N3O/c1-12-10-16(12)18(22)20(4)11-17-13(2)19-21(14(17)3)15-8-6-5-7-9-15/h5-9,12,16H,10-11H2,1-4H3. The third-order valence-corrected chi connectivity index (χ3v) is 4.64. The molecule has 2 aromatic rings. The summed E-state index contributed by atoms with van der Waals surface area (Å²) in [5.41, 5.74) is 4.30. The first-order chi connectivity index (χ1) is 10.5. The van der Waals surface area contributed by atoms with Crippen LogP contribution in [0, 0.1) is 25.7 Å². The highest BCUT2D eigenvalue weighted by atomic mass is 16.2. The minimum atomic E-state index is 0.231. The fourth-order valence-corrected chi connectivity index (χ4v) is 2.99. The summed E-state index contributed by atoms with van der Waals surface area (Å²) in [7, 11) is 1.89. The van der Waals surface area contributed by atoms with E-state index in [1.807, 2.05) is 53.9 Å². The number of amides is 1. The Bertz CT molecular complexity index is 690. The first-order valence-corrected chi connectivity index (χ1v) is 7.84. The lowest BCUT2D eigenvalue weighted by Gasteiger charge is -2.17. The minimum absolute atomic E-state index is 0.231. The Morgan fingerprint density at radius 2 is 1.95 bits per heavy atom. The Kier molecular flexibility index (Phi) is 3.77. The van der Waals surface area contributed by atoms with Crippen LogP contribution >= 0.6 is 0 Å². The molecule has 4 heteroatoms. The Morgan fingerprint density at radius 3 is 2.55 bits per heavy atom. The van der Waals surface area contributed by atoms with Crippen LogP contribution in [0.4, 0.5) is 0 Å². The van der Waals surface area contributed by atoms with Gasteiger partial charge in [-0.1, -0.05) is 25.1 Å². The van der Waals surface area contributed by atoms with Crippen molar-refractivity contribution in [3.05, 3.63) is 47.3 Å². The highest BCUT2D eigenvalue weighted by molar-refractivity contribution is 5.81. The van der Waals surface area contributed by atoms with E-state index in [0.29, 0.717) is 12.5 Å². The molecule has 2 unspecified atom stereocenters. The average molecular weight is 297 g/mol. The smallest absolute Gasteiger partial charge is 0.226 e. The summed E-state index contributed by atoms with van der Waals surface area (Å²) in [4.78, 5) is 14.2. The van der Waals surface area contributed by atoms with Gasteiger partial charge in [0.25, 0.3) is 0 Å². The van der Waals surface area contributed by atoms with Crippen LogP contribution in [-0.4, -0.2) is 27.6 Å². The van der Waals surface area contributed by atoms with Crippen LogP contribution in [0.1, 0.15) is 30.3 Å². The number of para-hydroxylation sites is 1. The minimum Gasteiger partial charge on any atom is -0.341 e. The van der Waals surface area contributed by atoms with Gasteiger partial charge in [0.15, 0.2) is 0 Å². The van der Waals surface area contributed by atoms with Gasteiger partial charge in [-0.3, -0.25) is 4.79 Å². The Labute approximate surface area is 131 Å². The lowest BCUT2D eigenvalue weighted by Crippen LogP contribution is -2.28. The summed E-state index contributed by atoms with van der Waals surface area (Å²) >= 11 is 0. The molecule has 1 aromatic heterocycles. The first kappa shape index (κ1) is 14.8. The van der Waals surface area contributed by atoms with Crippen molar-refractivity contribution >= 4 is 5.91 Å². The molecule has 1 aliphatic rings. The Morgan fingerprint density at radius 1 is 1.32 bits per heavy atom. The predicted octanol–water partition coefficient (Wildman–Crippen LogP) is 3.10. The predicted molar refractivity (Wildman–Crippen MR) is 86.8 cm³/mol. The Hall–Kier alpha value is -2.10. The van der Waals surface area contributed by atoms with Crippen molar-refractivity contribution in [2.24, 2.45) is 11.8 Å². The third kappa shape index (κ3) is 2.65. The zero-order chi connectivity index (χ0) is 15.9. The number of rotatable bonds is 4. The summed E-state index contributed by atoms with van der Waals surface area (Å²) in [5.74, 6) is 1.04. The highest BCUT2D eigenvalue weighted by Crippen LogP contribution is 2.39. The summed E-state index contributed by atoms with van der Waals surface area (Å²) in [6.07, 6.45) is 1.03. The number of benzene rings is 1. The molecule has 1 aromatic carbocycles. The zero-order valence-corrected chi connectivity index (χ0v) is 13.7. The molecule has 1 saturated carbocycles. The van der Waals surface area contributed by atoms with Crippen molar-refractivity contribution in [3.8, 4) is 5.69 Å². The molecule has 0 N–H and O–H groups in total. The summed E-state index contributed by atoms with van der Waals surface area (Å²) < 4.78 is 1.96. The topological polar surface area (TPSA) is 38.1 Å². The number of hydrogen-bond acceptors (Lipinski definition) is 2. The summed E-state index contributed by atoms with van der Waals surface area (Å²) in [6.45, 7) is 6.85. The van der Waals surface area contributed by atoms with E-state index in [4.69, 9.17) is 0 Å². The summed E-state index contributed by atoms with van der Waals surface area (Å²) in [5, 5.41) is 4.65. The number of hydrogen-bond donors (Lipinski definition) is 0. The molecule has 0 spiro atoms. The molecule has 1 aliphatic carbocycles. The van der Waals surface area contributed by atoms with Crippen LogP contribution in [0.3, 0.4) is 0 Å². The monoisotopic (exact) mass is 297 g/mol. The lowest BCUT2D eigenvalue weighted by atomic mass is 10.1. The van der Waals surface area contributed by atoms with Crippen LogP contribution in [0.2, 0.25) is 0 Å². The molecule has 3 rings (SSSR count). The number of nitrogens with zero attached hydrogens (tertiary/aromatic N) is 3. The normalized spacial score (nSPS) is 20.0. The fourth-order valence-electron chi connectivity index (χ4n) is 2.99. The third-order valence-electron chi connectivity index (χ3n) is 4.64. The molecule has 2 atom stereocenters. The van der Waals surface area contributed by atoms with Crippen molar-refractivity contribution < 1.29 is 4.79 Å². The molecule has 1 fully saturated rings. The van der Waals surface area contributed by atoms with Gasteiger partial charge in [-0.05, 0) is 38.3 Å². The van der Waals surface area contributed by atoms with Crippen LogP contribution < -0.4 is 0 Å². The molecule has 0 radical (unpaired) electrons. The van der Waals surface area contributed by atoms with Gasteiger partial charge < -0.3 is 4.90 Å². The SMILES string of the molecule is Cc1nn(-c2ccccc2)c(C)c1CN(C)C(=O)C1CC1C. The molecular weight excluding hydrogens is 274 g/mol. The maximum Gasteiger partial charge on any atom is 0.226 e. The average Bonchev–Trinajstić information content (AvgIpc) is 3.19. The lowest BCUT2D eigenvalue weighted by molar-refractivity contribution is -0.132. The van der Waals surface area contributed by atoms with Crippen LogP contribution in [-0.2, 0) is 11.3 Å². The van der Waals surface area contributed by atoms with Crippen molar-refractivity contribution in [3.63, 3.8) is 0 Å². The molecule has 1 heterocycles. The summed E-state index contributed by atoms with van der Waals surface area (Å²) in [6, 6.07) is 10.1. The molecule has 0 aliphatic heterocycles. The number of aryl methyl sites for hydroxylation is 1. The van der Waals surface area contributed by atoms with Crippen LogP contribution in [0.15, 0.2) is 30.3 Å². The number of carbonyl (C=O) groups excluding carboxylic acids is 1. The van der Waals surface area contributed by atoms with Gasteiger partial charge in [0, 0.05) is 30.8 Å². The molecule has 0 bridgehead atoms. The van der Waals surface area contributed by atoms with Crippen molar-refractivity contribution in [2.45, 2.75) is 33.7 Å². The van der Waals surface area contributed by atoms with E-state index in [9.17, 15) is 4.79 Å². The number of carbonyl (C=O) groups is 1. The van der Waals surface area contributed by atoms with Gasteiger partial charge in [0.1, 0.15) is 0 Å². The van der Waals surface area contributed by atoms with Gasteiger partial charge in [-0.25, -0.2) is 4.68 Å². The second-order valence-electron chi connectivity index (χ2n) is 6.41. The fraction of sp³-hybridized carbons (Fsp3) is 0.444. The van der Waals surface area contributed by atoms with Crippen molar-refractivity contribution in [1.29, 1.82) is 0 Å². The molecule has 4 nitrogen and oxygen atoms in total. The largest absolute Gasteiger partial charge is 0.341 e. The van der Waals surface area contributed by atoms with Crippen molar-refractivity contribution in [2.75, 3.05) is 7.05 Å². The van der Waals surface area contributed by atoms with Crippen LogP contribution in [0.5, 0.6) is 0 Å². The van der Waals surface area contributed by atoms with E-state index in [1.165, 1.54) is 0 Å². The van der Waals surface area contributed by atoms with E-state index in [0.717, 1.165) is 29.1 Å². The van der Waals surface area contributed by atoms with Gasteiger partial charge >= 0.3 is 0 Å². The molecular formula is C18H23N3O. The van der Waals surface area contributed by atoms with Gasteiger partial charge in [-0.2, -0.15) is 5.10 Å². The number of aromatic nitrogens is 2. The second kappa shape index (κ2) is 5.59. The maximum atomic E-state index is 12.3. The van der Waals surface area contributed by atoms with E-state index < -0.39 is 0 Å². The Balaban J connectivity index is 1.83. The van der Waals surface area contributed by atoms with E-state index >= 15 is 0 Å².